The molecule has 16 heavy (non-hydrogen) atoms. The van der Waals surface area contributed by atoms with Gasteiger partial charge in [-0.1, -0.05) is 0 Å². The average Bonchev–Trinajstić information content (AvgIpc) is 2.74. The Balaban J connectivity index is 2.01. The predicted octanol–water partition coefficient (Wildman–Crippen LogP) is 2.88. The first kappa shape index (κ1) is 11.0. The molecule has 1 N–H and O–H groups in total. The lowest BCUT2D eigenvalue weighted by molar-refractivity contribution is -0.140. The van der Waals surface area contributed by atoms with Crippen molar-refractivity contribution in [3.05, 3.63) is 29.6 Å². The quantitative estimate of drug-likeness (QED) is 0.828. The van der Waals surface area contributed by atoms with E-state index in [0.717, 1.165) is 5.69 Å². The van der Waals surface area contributed by atoms with Crippen LogP contribution in [0.4, 0.5) is 5.69 Å². The lowest BCUT2D eigenvalue weighted by Crippen LogP contribution is -2.16. The Hall–Kier alpha value is -1.55. The second kappa shape index (κ2) is 4.99. The van der Waals surface area contributed by atoms with Crippen molar-refractivity contribution in [1.82, 2.24) is 0 Å². The zero-order chi connectivity index (χ0) is 11.4. The Morgan fingerprint density at radius 2 is 2.31 bits per heavy atom. The van der Waals surface area contributed by atoms with Crippen LogP contribution >= 0.6 is 11.3 Å². The van der Waals surface area contributed by atoms with Crippen LogP contribution < -0.4 is 5.32 Å². The van der Waals surface area contributed by atoms with E-state index in [-0.39, 0.29) is 12.5 Å². The first-order valence-electron chi connectivity index (χ1n) is 5.16. The average molecular weight is 235 g/mol. The number of nitrogens with one attached hydrogen (secondary N) is 1. The number of hydrogen-bond acceptors (Lipinski definition) is 4. The molecule has 1 heterocycles. The number of hydrogen-bond donors (Lipinski definition) is 1. The summed E-state index contributed by atoms with van der Waals surface area (Å²) < 4.78 is 6.09. The molecule has 0 bridgehead atoms. The fourth-order valence-electron chi connectivity index (χ4n) is 1.46. The zero-order valence-electron chi connectivity index (χ0n) is 9.03. The van der Waals surface area contributed by atoms with Crippen molar-refractivity contribution in [1.29, 1.82) is 0 Å². The number of fused-ring (bicyclic) bond motifs is 1. The number of esters is 1. The molecular weight excluding hydrogens is 222 g/mol. The molecule has 0 aliphatic carbocycles. The lowest BCUT2D eigenvalue weighted by atomic mass is 10.2. The van der Waals surface area contributed by atoms with Crippen LogP contribution in [0.5, 0.6) is 0 Å². The molecule has 2 rings (SSSR count). The standard InChI is InChI=1S/C12H13NO2S/c1-2-15-12(14)8-13-10-3-4-11-9(7-10)5-6-16-11/h3-7,13H,2,8H2,1H3. The van der Waals surface area contributed by atoms with E-state index in [9.17, 15) is 4.79 Å². The fourth-order valence-corrected chi connectivity index (χ4v) is 2.23. The fraction of sp³-hybridized carbons (Fsp3) is 0.250. The molecule has 0 aliphatic heterocycles. The van der Waals surface area contributed by atoms with Crippen molar-refractivity contribution in [2.45, 2.75) is 6.92 Å². The van der Waals surface area contributed by atoms with Gasteiger partial charge in [0.05, 0.1) is 6.61 Å². The molecule has 1 aromatic heterocycles. The number of anilines is 1. The number of rotatable bonds is 4. The van der Waals surface area contributed by atoms with Gasteiger partial charge in [0.15, 0.2) is 0 Å². The summed E-state index contributed by atoms with van der Waals surface area (Å²) in [6.07, 6.45) is 0. The van der Waals surface area contributed by atoms with Crippen molar-refractivity contribution in [3.63, 3.8) is 0 Å². The first-order chi connectivity index (χ1) is 7.79. The van der Waals surface area contributed by atoms with Crippen LogP contribution in [0.1, 0.15) is 6.92 Å². The number of carbonyl (C=O) groups excluding carboxylic acids is 1. The van der Waals surface area contributed by atoms with E-state index in [1.54, 1.807) is 18.3 Å². The number of benzene rings is 1. The van der Waals surface area contributed by atoms with Gasteiger partial charge in [-0.05, 0) is 42.0 Å². The molecule has 0 saturated heterocycles. The van der Waals surface area contributed by atoms with Gasteiger partial charge in [0.1, 0.15) is 6.54 Å². The summed E-state index contributed by atoms with van der Waals surface area (Å²) >= 11 is 1.71. The second-order valence-corrected chi connectivity index (χ2v) is 4.28. The maximum atomic E-state index is 11.1. The third-order valence-corrected chi connectivity index (χ3v) is 3.09. The molecule has 84 valence electrons. The Morgan fingerprint density at radius 3 is 3.12 bits per heavy atom. The van der Waals surface area contributed by atoms with Crippen molar-refractivity contribution in [3.8, 4) is 0 Å². The van der Waals surface area contributed by atoms with Gasteiger partial charge in [-0.25, -0.2) is 0 Å². The maximum Gasteiger partial charge on any atom is 0.325 e. The topological polar surface area (TPSA) is 38.3 Å². The van der Waals surface area contributed by atoms with Gasteiger partial charge in [-0.15, -0.1) is 11.3 Å². The van der Waals surface area contributed by atoms with Crippen molar-refractivity contribution >= 4 is 33.1 Å². The highest BCUT2D eigenvalue weighted by Gasteiger charge is 2.02. The maximum absolute atomic E-state index is 11.1. The third kappa shape index (κ3) is 2.52. The van der Waals surface area contributed by atoms with Gasteiger partial charge < -0.3 is 10.1 Å². The van der Waals surface area contributed by atoms with Crippen LogP contribution in [-0.4, -0.2) is 19.1 Å². The Morgan fingerprint density at radius 1 is 1.44 bits per heavy atom. The van der Waals surface area contributed by atoms with Crippen LogP contribution in [0.3, 0.4) is 0 Å². The van der Waals surface area contributed by atoms with Crippen LogP contribution in [-0.2, 0) is 9.53 Å². The van der Waals surface area contributed by atoms with Gasteiger partial charge >= 0.3 is 5.97 Å². The van der Waals surface area contributed by atoms with E-state index in [4.69, 9.17) is 4.74 Å². The van der Waals surface area contributed by atoms with Crippen molar-refractivity contribution in [2.75, 3.05) is 18.5 Å². The van der Waals surface area contributed by atoms with E-state index in [1.807, 2.05) is 18.2 Å². The van der Waals surface area contributed by atoms with Gasteiger partial charge in [0.2, 0.25) is 0 Å². The minimum absolute atomic E-state index is 0.212. The molecule has 4 heteroatoms. The van der Waals surface area contributed by atoms with Crippen LogP contribution in [0.2, 0.25) is 0 Å². The van der Waals surface area contributed by atoms with Crippen LogP contribution in [0.15, 0.2) is 29.6 Å². The SMILES string of the molecule is CCOC(=O)CNc1ccc2sccc2c1. The summed E-state index contributed by atoms with van der Waals surface area (Å²) in [4.78, 5) is 11.1. The van der Waals surface area contributed by atoms with Gasteiger partial charge in [-0.3, -0.25) is 4.79 Å². The zero-order valence-corrected chi connectivity index (χ0v) is 9.84. The molecular formula is C12H13NO2S. The summed E-state index contributed by atoms with van der Waals surface area (Å²) in [6, 6.07) is 8.12. The molecule has 0 saturated carbocycles. The van der Waals surface area contributed by atoms with E-state index in [2.05, 4.69) is 16.8 Å². The number of thiophene rings is 1. The van der Waals surface area contributed by atoms with E-state index in [0.29, 0.717) is 6.61 Å². The Kier molecular flexibility index (Phi) is 3.41. The largest absolute Gasteiger partial charge is 0.465 e. The molecule has 0 unspecified atom stereocenters. The molecule has 1 aromatic carbocycles. The van der Waals surface area contributed by atoms with E-state index in [1.165, 1.54) is 10.1 Å². The lowest BCUT2D eigenvalue weighted by Gasteiger charge is -2.05. The van der Waals surface area contributed by atoms with Gasteiger partial charge in [-0.2, -0.15) is 0 Å². The molecule has 0 amide bonds. The molecule has 0 atom stereocenters. The third-order valence-electron chi connectivity index (χ3n) is 2.19. The highest BCUT2D eigenvalue weighted by atomic mass is 32.1. The van der Waals surface area contributed by atoms with Gasteiger partial charge in [0, 0.05) is 10.4 Å². The molecule has 3 nitrogen and oxygen atoms in total. The van der Waals surface area contributed by atoms with Crippen molar-refractivity contribution in [2.24, 2.45) is 0 Å². The molecule has 0 spiro atoms. The Bertz CT molecular complexity index is 492. The van der Waals surface area contributed by atoms with E-state index >= 15 is 0 Å². The summed E-state index contributed by atoms with van der Waals surface area (Å²) in [7, 11) is 0. The summed E-state index contributed by atoms with van der Waals surface area (Å²) in [6.45, 7) is 2.43. The van der Waals surface area contributed by atoms with Crippen LogP contribution in [0.25, 0.3) is 10.1 Å². The smallest absolute Gasteiger partial charge is 0.325 e. The first-order valence-corrected chi connectivity index (χ1v) is 6.04. The summed E-state index contributed by atoms with van der Waals surface area (Å²) in [5.74, 6) is -0.229. The monoisotopic (exact) mass is 235 g/mol. The minimum atomic E-state index is -0.229. The van der Waals surface area contributed by atoms with Gasteiger partial charge in [0.25, 0.3) is 0 Å². The molecule has 0 radical (unpaired) electrons. The number of ether oxygens (including phenoxy) is 1. The minimum Gasteiger partial charge on any atom is -0.465 e. The molecule has 0 aliphatic rings. The number of carbonyl (C=O) groups is 1. The predicted molar refractivity (Wildman–Crippen MR) is 66.9 cm³/mol. The van der Waals surface area contributed by atoms with E-state index < -0.39 is 0 Å². The normalized spacial score (nSPS) is 10.3. The highest BCUT2D eigenvalue weighted by Crippen LogP contribution is 2.23. The molecule has 0 fully saturated rings. The summed E-state index contributed by atoms with van der Waals surface area (Å²) in [5.41, 5.74) is 0.943. The highest BCUT2D eigenvalue weighted by molar-refractivity contribution is 7.17. The summed E-state index contributed by atoms with van der Waals surface area (Å²) in [5, 5.41) is 6.29. The molecule has 2 aromatic rings. The second-order valence-electron chi connectivity index (χ2n) is 3.33. The Labute approximate surface area is 98.0 Å². The van der Waals surface area contributed by atoms with Crippen LogP contribution in [0, 0.1) is 0 Å². The van der Waals surface area contributed by atoms with Crippen molar-refractivity contribution < 1.29 is 9.53 Å².